The third kappa shape index (κ3) is 7.54. The number of benzene rings is 3. The highest BCUT2D eigenvalue weighted by molar-refractivity contribution is 6.04. The number of hydrogen-bond donors (Lipinski definition) is 1. The van der Waals surface area contributed by atoms with Crippen LogP contribution in [0.5, 0.6) is 23.1 Å². The summed E-state index contributed by atoms with van der Waals surface area (Å²) in [4.78, 5) is 30.2. The number of carbonyl (C=O) groups excluding carboxylic acids is 2. The first-order valence-corrected chi connectivity index (χ1v) is 12.1. The van der Waals surface area contributed by atoms with Crippen LogP contribution in [-0.4, -0.2) is 29.6 Å². The van der Waals surface area contributed by atoms with Gasteiger partial charge in [0.1, 0.15) is 17.1 Å². The van der Waals surface area contributed by atoms with Crippen molar-refractivity contribution in [2.24, 2.45) is 0 Å². The van der Waals surface area contributed by atoms with Gasteiger partial charge in [0, 0.05) is 30.4 Å². The van der Waals surface area contributed by atoms with Crippen LogP contribution >= 0.6 is 0 Å². The molecule has 1 aromatic heterocycles. The van der Waals surface area contributed by atoms with Gasteiger partial charge in [0.05, 0.1) is 11.9 Å². The first-order valence-electron chi connectivity index (χ1n) is 12.1. The standard InChI is InChI=1S/C30H28FN3O5/c1-30(2,3)39-29(36)34(4)22-13-16-26(25(31)18-22)38-27-17-12-21(19-32-27)33-28(35)20-10-14-24(15-11-20)37-23-8-6-5-7-9-23/h5-19H,1-4H3,(H,33,35). The molecule has 0 aliphatic rings. The number of carbonyl (C=O) groups is 2. The molecule has 0 unspecified atom stereocenters. The molecule has 4 aromatic rings. The van der Waals surface area contributed by atoms with Crippen molar-refractivity contribution in [3.63, 3.8) is 0 Å². The summed E-state index contributed by atoms with van der Waals surface area (Å²) in [5, 5.41) is 2.76. The van der Waals surface area contributed by atoms with Gasteiger partial charge in [-0.1, -0.05) is 18.2 Å². The largest absolute Gasteiger partial charge is 0.457 e. The zero-order chi connectivity index (χ0) is 28.0. The Kier molecular flexibility index (Phi) is 8.10. The fraction of sp³-hybridized carbons (Fsp3) is 0.167. The van der Waals surface area contributed by atoms with Gasteiger partial charge in [-0.15, -0.1) is 0 Å². The highest BCUT2D eigenvalue weighted by Gasteiger charge is 2.21. The summed E-state index contributed by atoms with van der Waals surface area (Å²) in [6.07, 6.45) is 0.800. The number of para-hydroxylation sites is 1. The third-order valence-electron chi connectivity index (χ3n) is 5.27. The van der Waals surface area contributed by atoms with Crippen LogP contribution in [0.25, 0.3) is 0 Å². The quantitative estimate of drug-likeness (QED) is 0.268. The van der Waals surface area contributed by atoms with Gasteiger partial charge in [-0.2, -0.15) is 0 Å². The zero-order valence-corrected chi connectivity index (χ0v) is 22.0. The molecule has 9 heteroatoms. The minimum absolute atomic E-state index is 0.0709. The highest BCUT2D eigenvalue weighted by Crippen LogP contribution is 2.28. The van der Waals surface area contributed by atoms with Crippen molar-refractivity contribution < 1.29 is 28.2 Å². The van der Waals surface area contributed by atoms with Crippen molar-refractivity contribution in [2.75, 3.05) is 17.3 Å². The SMILES string of the molecule is CN(C(=O)OC(C)(C)C)c1ccc(Oc2ccc(NC(=O)c3ccc(Oc4ccccc4)cc3)cn2)c(F)c1. The first-order chi connectivity index (χ1) is 18.6. The molecule has 3 aromatic carbocycles. The van der Waals surface area contributed by atoms with E-state index in [1.165, 1.54) is 42.4 Å². The second kappa shape index (κ2) is 11.6. The van der Waals surface area contributed by atoms with Crippen molar-refractivity contribution >= 4 is 23.4 Å². The molecule has 0 bridgehead atoms. The van der Waals surface area contributed by atoms with E-state index in [9.17, 15) is 14.0 Å². The number of amides is 2. The molecule has 2 amide bonds. The predicted molar refractivity (Wildman–Crippen MR) is 146 cm³/mol. The Balaban J connectivity index is 1.34. The smallest absolute Gasteiger partial charge is 0.414 e. The van der Waals surface area contributed by atoms with Gasteiger partial charge < -0.3 is 19.5 Å². The summed E-state index contributed by atoms with van der Waals surface area (Å²) in [5.74, 6) is 0.361. The van der Waals surface area contributed by atoms with E-state index >= 15 is 0 Å². The number of ether oxygens (including phenoxy) is 3. The fourth-order valence-electron chi connectivity index (χ4n) is 3.35. The Morgan fingerprint density at radius 1 is 0.872 bits per heavy atom. The number of anilines is 2. The molecule has 0 saturated carbocycles. The average Bonchev–Trinajstić information content (AvgIpc) is 2.90. The van der Waals surface area contributed by atoms with Crippen LogP contribution in [0, 0.1) is 5.82 Å². The monoisotopic (exact) mass is 529 g/mol. The molecule has 8 nitrogen and oxygen atoms in total. The summed E-state index contributed by atoms with van der Waals surface area (Å²) in [6.45, 7) is 5.25. The average molecular weight is 530 g/mol. The summed E-state index contributed by atoms with van der Waals surface area (Å²) < 4.78 is 31.3. The maximum Gasteiger partial charge on any atom is 0.414 e. The first kappa shape index (κ1) is 27.1. The summed E-state index contributed by atoms with van der Waals surface area (Å²) in [6, 6.07) is 23.3. The van der Waals surface area contributed by atoms with E-state index in [2.05, 4.69) is 10.3 Å². The molecule has 0 saturated heterocycles. The number of aromatic nitrogens is 1. The van der Waals surface area contributed by atoms with Crippen LogP contribution in [0.1, 0.15) is 31.1 Å². The van der Waals surface area contributed by atoms with E-state index in [0.29, 0.717) is 28.4 Å². The number of nitrogens with one attached hydrogen (secondary N) is 1. The zero-order valence-electron chi connectivity index (χ0n) is 22.0. The highest BCUT2D eigenvalue weighted by atomic mass is 19.1. The van der Waals surface area contributed by atoms with E-state index in [1.54, 1.807) is 51.1 Å². The third-order valence-corrected chi connectivity index (χ3v) is 5.27. The maximum absolute atomic E-state index is 14.7. The Hall–Kier alpha value is -4.92. The maximum atomic E-state index is 14.7. The number of rotatable bonds is 7. The normalized spacial score (nSPS) is 10.9. The van der Waals surface area contributed by atoms with Crippen molar-refractivity contribution in [2.45, 2.75) is 26.4 Å². The predicted octanol–water partition coefficient (Wildman–Crippen LogP) is 7.43. The molecule has 1 heterocycles. The topological polar surface area (TPSA) is 90.0 Å². The Bertz CT molecular complexity index is 1440. The summed E-state index contributed by atoms with van der Waals surface area (Å²) in [7, 11) is 1.49. The Labute approximate surface area is 226 Å². The fourth-order valence-corrected chi connectivity index (χ4v) is 3.35. The van der Waals surface area contributed by atoms with Crippen LogP contribution in [0.15, 0.2) is 91.1 Å². The molecule has 39 heavy (non-hydrogen) atoms. The van der Waals surface area contributed by atoms with Gasteiger partial charge in [-0.05, 0) is 75.4 Å². The van der Waals surface area contributed by atoms with Crippen molar-refractivity contribution in [3.05, 3.63) is 103 Å². The number of hydrogen-bond acceptors (Lipinski definition) is 6. The molecule has 0 aliphatic heterocycles. The lowest BCUT2D eigenvalue weighted by atomic mass is 10.2. The van der Waals surface area contributed by atoms with Crippen LogP contribution in [0.3, 0.4) is 0 Å². The van der Waals surface area contributed by atoms with E-state index in [0.717, 1.165) is 0 Å². The molecular formula is C30H28FN3O5. The van der Waals surface area contributed by atoms with Gasteiger partial charge in [-0.3, -0.25) is 9.69 Å². The minimum atomic E-state index is -0.679. The molecule has 0 aliphatic carbocycles. The minimum Gasteiger partial charge on any atom is -0.457 e. The van der Waals surface area contributed by atoms with Gasteiger partial charge in [0.2, 0.25) is 5.88 Å². The van der Waals surface area contributed by atoms with Crippen LogP contribution in [0.2, 0.25) is 0 Å². The Morgan fingerprint density at radius 2 is 1.56 bits per heavy atom. The molecule has 0 spiro atoms. The lowest BCUT2D eigenvalue weighted by Gasteiger charge is -2.24. The van der Waals surface area contributed by atoms with Gasteiger partial charge in [0.15, 0.2) is 11.6 Å². The number of pyridine rings is 1. The van der Waals surface area contributed by atoms with Gasteiger partial charge >= 0.3 is 6.09 Å². The van der Waals surface area contributed by atoms with E-state index in [-0.39, 0.29) is 17.5 Å². The molecule has 1 N–H and O–H groups in total. The van der Waals surface area contributed by atoms with Crippen molar-refractivity contribution in [1.29, 1.82) is 0 Å². The molecule has 4 rings (SSSR count). The van der Waals surface area contributed by atoms with E-state index in [4.69, 9.17) is 14.2 Å². The summed E-state index contributed by atoms with van der Waals surface area (Å²) in [5.41, 5.74) is 0.507. The summed E-state index contributed by atoms with van der Waals surface area (Å²) >= 11 is 0. The van der Waals surface area contributed by atoms with Crippen molar-refractivity contribution in [1.82, 2.24) is 4.98 Å². The van der Waals surface area contributed by atoms with Crippen LogP contribution < -0.4 is 19.7 Å². The van der Waals surface area contributed by atoms with Crippen molar-refractivity contribution in [3.8, 4) is 23.1 Å². The van der Waals surface area contributed by atoms with Crippen LogP contribution in [0.4, 0.5) is 20.6 Å². The number of halogens is 1. The lowest BCUT2D eigenvalue weighted by Crippen LogP contribution is -2.34. The van der Waals surface area contributed by atoms with Gasteiger partial charge in [0.25, 0.3) is 5.91 Å². The Morgan fingerprint density at radius 3 is 2.18 bits per heavy atom. The molecule has 0 fully saturated rings. The second-order valence-corrected chi connectivity index (χ2v) is 9.53. The van der Waals surface area contributed by atoms with E-state index in [1.807, 2.05) is 30.3 Å². The number of nitrogens with zero attached hydrogens (tertiary/aromatic N) is 2. The molecule has 0 atom stereocenters. The second-order valence-electron chi connectivity index (χ2n) is 9.53. The van der Waals surface area contributed by atoms with Gasteiger partial charge in [-0.25, -0.2) is 14.2 Å². The molecule has 200 valence electrons. The molecule has 0 radical (unpaired) electrons. The lowest BCUT2D eigenvalue weighted by molar-refractivity contribution is 0.0589. The van der Waals surface area contributed by atoms with E-state index < -0.39 is 17.5 Å². The molecular weight excluding hydrogens is 501 g/mol. The van der Waals surface area contributed by atoms with Crippen LogP contribution in [-0.2, 0) is 4.74 Å².